The maximum atomic E-state index is 15.1. The Labute approximate surface area is 332 Å². The second kappa shape index (κ2) is 14.2. The topological polar surface area (TPSA) is 173 Å². The number of aromatic nitrogens is 1. The number of amides is 4. The monoisotopic (exact) mass is 805 g/mol. The average Bonchev–Trinajstić information content (AvgIpc) is 4.10. The van der Waals surface area contributed by atoms with Crippen LogP contribution in [0.2, 0.25) is 0 Å². The summed E-state index contributed by atoms with van der Waals surface area (Å²) in [7, 11) is -4.01. The molecule has 1 spiro atoms. The first-order chi connectivity index (χ1) is 27.3. The SMILES string of the molecule is CC1(S(=O)(=O)NC(=O)[C@@]23CC[C@H]2/C=C\CCCCC[C@H](NC(=O)OC2CCC2)C(=O)N2C[C@@]4(CCc5c(c(C6CC6)nc6c(F)cccc56)O4)C[C@H]2C(=O)N3)CC1. The number of halogens is 1. The quantitative estimate of drug-likeness (QED) is 0.326. The summed E-state index contributed by atoms with van der Waals surface area (Å²) >= 11 is 0. The maximum absolute atomic E-state index is 15.1. The van der Waals surface area contributed by atoms with Gasteiger partial charge in [0.25, 0.3) is 5.91 Å². The summed E-state index contributed by atoms with van der Waals surface area (Å²) in [6, 6.07) is 2.81. The Kier molecular flexibility index (Phi) is 9.55. The number of rotatable bonds is 6. The number of fused-ring (bicyclic) bond motifs is 5. The van der Waals surface area contributed by atoms with Crippen LogP contribution in [0.4, 0.5) is 9.18 Å². The molecule has 4 aliphatic carbocycles. The number of carbonyl (C=O) groups excluding carboxylic acids is 4. The molecule has 9 rings (SSSR count). The molecule has 7 aliphatic rings. The highest BCUT2D eigenvalue weighted by Crippen LogP contribution is 2.51. The molecule has 0 bridgehead atoms. The van der Waals surface area contributed by atoms with Crippen molar-refractivity contribution in [2.24, 2.45) is 5.92 Å². The number of nitrogens with one attached hydrogen (secondary N) is 3. The van der Waals surface area contributed by atoms with Gasteiger partial charge in [0.05, 0.1) is 17.0 Å². The van der Waals surface area contributed by atoms with Crippen LogP contribution in [0.15, 0.2) is 30.4 Å². The zero-order valence-corrected chi connectivity index (χ0v) is 33.3. The summed E-state index contributed by atoms with van der Waals surface area (Å²) in [6.07, 6.45) is 13.2. The Hall–Kier alpha value is -4.27. The van der Waals surface area contributed by atoms with E-state index in [4.69, 9.17) is 14.5 Å². The zero-order valence-electron chi connectivity index (χ0n) is 32.4. The first kappa shape index (κ1) is 38.3. The lowest BCUT2D eigenvalue weighted by Gasteiger charge is -2.48. The van der Waals surface area contributed by atoms with Crippen molar-refractivity contribution in [1.29, 1.82) is 0 Å². The second-order valence-electron chi connectivity index (χ2n) is 17.9. The fourth-order valence-corrected chi connectivity index (χ4v) is 10.7. The summed E-state index contributed by atoms with van der Waals surface area (Å²) in [6.45, 7) is 1.63. The van der Waals surface area contributed by atoms with Crippen molar-refractivity contribution in [1.82, 2.24) is 25.2 Å². The number of nitrogens with zero attached hydrogens (tertiary/aromatic N) is 2. The van der Waals surface area contributed by atoms with E-state index >= 15 is 4.39 Å². The van der Waals surface area contributed by atoms with E-state index in [1.165, 1.54) is 11.0 Å². The van der Waals surface area contributed by atoms with Gasteiger partial charge in [-0.2, -0.15) is 0 Å². The van der Waals surface area contributed by atoms with Gasteiger partial charge >= 0.3 is 6.09 Å². The van der Waals surface area contributed by atoms with Gasteiger partial charge < -0.3 is 25.0 Å². The maximum Gasteiger partial charge on any atom is 0.408 e. The molecule has 0 radical (unpaired) electrons. The van der Waals surface area contributed by atoms with Crippen LogP contribution in [-0.2, 0) is 35.6 Å². The minimum absolute atomic E-state index is 0.0275. The van der Waals surface area contributed by atoms with E-state index in [-0.39, 0.29) is 31.4 Å². The van der Waals surface area contributed by atoms with Crippen molar-refractivity contribution < 1.29 is 41.5 Å². The smallest absolute Gasteiger partial charge is 0.408 e. The Morgan fingerprint density at radius 2 is 1.82 bits per heavy atom. The van der Waals surface area contributed by atoms with E-state index in [2.05, 4.69) is 15.4 Å². The molecule has 1 aromatic carbocycles. The number of hydrogen-bond donors (Lipinski definition) is 3. The number of benzene rings is 1. The molecule has 4 saturated carbocycles. The highest BCUT2D eigenvalue weighted by atomic mass is 32.2. The van der Waals surface area contributed by atoms with E-state index in [0.29, 0.717) is 73.7 Å². The number of hydrogen-bond acceptors (Lipinski definition) is 9. The summed E-state index contributed by atoms with van der Waals surface area (Å²) in [5.41, 5.74) is -0.731. The van der Waals surface area contributed by atoms with Gasteiger partial charge in [-0.1, -0.05) is 37.1 Å². The van der Waals surface area contributed by atoms with Crippen molar-refractivity contribution in [3.63, 3.8) is 0 Å². The number of ether oxygens (including phenoxy) is 2. The van der Waals surface area contributed by atoms with E-state index in [1.54, 1.807) is 13.0 Å². The molecule has 3 aliphatic heterocycles. The molecular formula is C42H52FN5O8S. The van der Waals surface area contributed by atoms with Crippen LogP contribution < -0.4 is 20.1 Å². The fourth-order valence-electron chi connectivity index (χ4n) is 9.37. The molecular weight excluding hydrogens is 754 g/mol. The summed E-state index contributed by atoms with van der Waals surface area (Å²) in [5.74, 6) is -1.99. The Bertz CT molecular complexity index is 2150. The van der Waals surface area contributed by atoms with Crippen molar-refractivity contribution in [3.05, 3.63) is 47.4 Å². The number of sulfonamides is 1. The third kappa shape index (κ3) is 6.94. The molecule has 4 heterocycles. The number of para-hydroxylation sites is 1. The Balaban J connectivity index is 1.07. The number of allylic oxidation sites excluding steroid dienone is 1. The minimum Gasteiger partial charge on any atom is -0.483 e. The van der Waals surface area contributed by atoms with E-state index in [1.807, 2.05) is 18.2 Å². The first-order valence-electron chi connectivity index (χ1n) is 20.9. The summed E-state index contributed by atoms with van der Waals surface area (Å²) in [5, 5.41) is 6.52. The standard InChI is InChI=1S/C42H52FN5O8S/c1-40(21-22-40)57(53,54)47-38(51)42-20-17-26(42)9-5-3-2-4-6-14-31(44-39(52)55-27-10-7-11-27)37(50)48-24-41(23-32(48)36(49)46-42)19-18-29-28-12-8-13-30(43)34(28)45-33(25-15-16-25)35(29)56-41/h5,8-9,12-13,25-27,31-32H,2-4,6-7,10-11,14-24H2,1H3,(H,44,52)(H,46,49)(H,47,51)/b9-5-/t26-,31+,32+,41-,42-/m1/s1. The third-order valence-corrected chi connectivity index (χ3v) is 16.0. The number of aryl methyl sites for hydroxylation is 1. The third-order valence-electron chi connectivity index (χ3n) is 13.9. The normalized spacial score (nSPS) is 31.8. The van der Waals surface area contributed by atoms with Crippen molar-refractivity contribution in [2.45, 2.75) is 156 Å². The van der Waals surface area contributed by atoms with Gasteiger partial charge in [0.2, 0.25) is 21.8 Å². The molecule has 2 aromatic rings. The first-order valence-corrected chi connectivity index (χ1v) is 22.4. The van der Waals surface area contributed by atoms with Gasteiger partial charge in [-0.15, -0.1) is 0 Å². The van der Waals surface area contributed by atoms with Gasteiger partial charge in [0.15, 0.2) is 0 Å². The van der Waals surface area contributed by atoms with Crippen LogP contribution in [0.25, 0.3) is 10.9 Å². The van der Waals surface area contributed by atoms with Crippen LogP contribution in [0.1, 0.15) is 127 Å². The van der Waals surface area contributed by atoms with Gasteiger partial charge in [0.1, 0.15) is 46.4 Å². The summed E-state index contributed by atoms with van der Waals surface area (Å²) < 4.78 is 55.7. The average molecular weight is 806 g/mol. The number of carbonyl (C=O) groups is 4. The van der Waals surface area contributed by atoms with Crippen molar-refractivity contribution in [3.8, 4) is 5.75 Å². The lowest BCUT2D eigenvalue weighted by Crippen LogP contribution is -2.70. The van der Waals surface area contributed by atoms with Crippen LogP contribution in [-0.4, -0.2) is 82.7 Å². The fraction of sp³-hybridized carbons (Fsp3) is 0.643. The van der Waals surface area contributed by atoms with E-state index in [0.717, 1.165) is 50.5 Å². The molecule has 0 unspecified atom stereocenters. The predicted octanol–water partition coefficient (Wildman–Crippen LogP) is 5.35. The Morgan fingerprint density at radius 1 is 1.02 bits per heavy atom. The highest BCUT2D eigenvalue weighted by Gasteiger charge is 2.60. The van der Waals surface area contributed by atoms with Crippen molar-refractivity contribution in [2.75, 3.05) is 6.54 Å². The van der Waals surface area contributed by atoms with E-state index in [9.17, 15) is 27.6 Å². The van der Waals surface area contributed by atoms with Crippen LogP contribution >= 0.6 is 0 Å². The Morgan fingerprint density at radius 3 is 2.53 bits per heavy atom. The minimum atomic E-state index is -4.01. The van der Waals surface area contributed by atoms with Gasteiger partial charge in [-0.25, -0.2) is 22.6 Å². The molecule has 5 atom stereocenters. The lowest BCUT2D eigenvalue weighted by molar-refractivity contribution is -0.144. The lowest BCUT2D eigenvalue weighted by atomic mass is 9.65. The molecule has 5 fully saturated rings. The molecule has 306 valence electrons. The van der Waals surface area contributed by atoms with E-state index < -0.39 is 73.5 Å². The number of alkyl carbamates (subject to hydrolysis) is 1. The summed E-state index contributed by atoms with van der Waals surface area (Å²) in [4.78, 5) is 63.3. The van der Waals surface area contributed by atoms with Crippen LogP contribution in [0, 0.1) is 11.7 Å². The van der Waals surface area contributed by atoms with Gasteiger partial charge in [0, 0.05) is 29.2 Å². The second-order valence-corrected chi connectivity index (χ2v) is 20.1. The molecule has 1 saturated heterocycles. The number of pyridine rings is 1. The molecule has 1 aromatic heterocycles. The van der Waals surface area contributed by atoms with Crippen LogP contribution in [0.3, 0.4) is 0 Å². The predicted molar refractivity (Wildman–Crippen MR) is 207 cm³/mol. The van der Waals surface area contributed by atoms with Crippen LogP contribution in [0.5, 0.6) is 5.75 Å². The van der Waals surface area contributed by atoms with Crippen molar-refractivity contribution >= 4 is 44.7 Å². The highest BCUT2D eigenvalue weighted by molar-refractivity contribution is 7.91. The zero-order chi connectivity index (χ0) is 39.7. The largest absolute Gasteiger partial charge is 0.483 e. The molecule has 15 heteroatoms. The van der Waals surface area contributed by atoms with Gasteiger partial charge in [-0.3, -0.25) is 19.1 Å². The van der Waals surface area contributed by atoms with Gasteiger partial charge in [-0.05, 0) is 103 Å². The molecule has 4 amide bonds. The molecule has 57 heavy (non-hydrogen) atoms. The molecule has 3 N–H and O–H groups in total. The molecule has 13 nitrogen and oxygen atoms in total.